The summed E-state index contributed by atoms with van der Waals surface area (Å²) in [4.78, 5) is 30.0. The van der Waals surface area contributed by atoms with Gasteiger partial charge in [0.25, 0.3) is 5.56 Å². The fourth-order valence-corrected chi connectivity index (χ4v) is 3.43. The highest BCUT2D eigenvalue weighted by atomic mass is 32.1. The van der Waals surface area contributed by atoms with Crippen LogP contribution in [-0.2, 0) is 6.54 Å². The Morgan fingerprint density at radius 1 is 1.33 bits per heavy atom. The second kappa shape index (κ2) is 6.52. The van der Waals surface area contributed by atoms with Gasteiger partial charge in [0, 0.05) is 6.54 Å². The molecule has 5 nitrogen and oxygen atoms in total. The van der Waals surface area contributed by atoms with Crippen molar-refractivity contribution >= 4 is 27.5 Å². The summed E-state index contributed by atoms with van der Waals surface area (Å²) in [6.45, 7) is 4.26. The Bertz CT molecular complexity index is 960. The van der Waals surface area contributed by atoms with E-state index in [1.165, 1.54) is 35.2 Å². The number of thiophene rings is 1. The second-order valence-electron chi connectivity index (χ2n) is 5.32. The number of halogens is 1. The van der Waals surface area contributed by atoms with Crippen LogP contribution in [0.4, 0.5) is 4.39 Å². The van der Waals surface area contributed by atoms with Crippen molar-refractivity contribution in [3.63, 3.8) is 0 Å². The van der Waals surface area contributed by atoms with Crippen molar-refractivity contribution in [2.75, 3.05) is 0 Å². The zero-order chi connectivity index (χ0) is 17.3. The van der Waals surface area contributed by atoms with Crippen LogP contribution in [-0.4, -0.2) is 15.5 Å². The first kappa shape index (κ1) is 16.3. The molecule has 24 heavy (non-hydrogen) atoms. The third-order valence-electron chi connectivity index (χ3n) is 3.59. The summed E-state index contributed by atoms with van der Waals surface area (Å²) < 4.78 is 19.7. The molecular weight excluding hydrogens is 331 g/mol. The molecule has 0 saturated carbocycles. The van der Waals surface area contributed by atoms with E-state index in [0.29, 0.717) is 27.2 Å². The standard InChI is InChI=1S/C17H15FN2O3S/c1-3-8-20-9-19-15-13(16(20)21)10(2)14(24-15)17(22)23-12-6-4-11(18)5-7-12/h4-7,9H,3,8H2,1-2H3. The Kier molecular flexibility index (Phi) is 4.44. The van der Waals surface area contributed by atoms with E-state index >= 15 is 0 Å². The highest BCUT2D eigenvalue weighted by molar-refractivity contribution is 7.20. The number of fused-ring (bicyclic) bond motifs is 1. The number of ether oxygens (including phenoxy) is 1. The lowest BCUT2D eigenvalue weighted by atomic mass is 10.2. The summed E-state index contributed by atoms with van der Waals surface area (Å²) in [5, 5.41) is 0.446. The molecule has 0 amide bonds. The zero-order valence-corrected chi connectivity index (χ0v) is 14.0. The van der Waals surface area contributed by atoms with Crippen LogP contribution < -0.4 is 10.3 Å². The Hall–Kier alpha value is -2.54. The molecule has 0 aliphatic rings. The van der Waals surface area contributed by atoms with Gasteiger partial charge in [-0.1, -0.05) is 6.92 Å². The highest BCUT2D eigenvalue weighted by Crippen LogP contribution is 2.28. The number of hydrogen-bond acceptors (Lipinski definition) is 5. The third-order valence-corrected chi connectivity index (χ3v) is 4.77. The van der Waals surface area contributed by atoms with E-state index in [1.54, 1.807) is 6.92 Å². The number of nitrogens with zero attached hydrogens (tertiary/aromatic N) is 2. The van der Waals surface area contributed by atoms with Crippen molar-refractivity contribution in [3.05, 3.63) is 57.2 Å². The second-order valence-corrected chi connectivity index (χ2v) is 6.32. The number of aromatic nitrogens is 2. The molecule has 124 valence electrons. The van der Waals surface area contributed by atoms with Gasteiger partial charge in [0.05, 0.1) is 11.7 Å². The number of aryl methyl sites for hydroxylation is 2. The maximum Gasteiger partial charge on any atom is 0.354 e. The number of carbonyl (C=O) groups is 1. The van der Waals surface area contributed by atoms with Gasteiger partial charge < -0.3 is 4.74 Å². The van der Waals surface area contributed by atoms with Crippen molar-refractivity contribution in [2.24, 2.45) is 0 Å². The molecule has 0 bridgehead atoms. The first-order valence-electron chi connectivity index (χ1n) is 7.47. The number of esters is 1. The van der Waals surface area contributed by atoms with E-state index in [9.17, 15) is 14.0 Å². The topological polar surface area (TPSA) is 61.2 Å². The first-order chi connectivity index (χ1) is 11.5. The maximum absolute atomic E-state index is 12.9. The zero-order valence-electron chi connectivity index (χ0n) is 13.2. The average Bonchev–Trinajstić information content (AvgIpc) is 2.90. The van der Waals surface area contributed by atoms with Gasteiger partial charge in [-0.2, -0.15) is 0 Å². The van der Waals surface area contributed by atoms with Gasteiger partial charge in [-0.3, -0.25) is 9.36 Å². The molecule has 0 aliphatic heterocycles. The van der Waals surface area contributed by atoms with Gasteiger partial charge in [0.15, 0.2) is 0 Å². The molecule has 3 rings (SSSR count). The summed E-state index contributed by atoms with van der Waals surface area (Å²) in [7, 11) is 0. The Morgan fingerprint density at radius 2 is 2.04 bits per heavy atom. The van der Waals surface area contributed by atoms with Crippen molar-refractivity contribution in [1.82, 2.24) is 9.55 Å². The summed E-state index contributed by atoms with van der Waals surface area (Å²) >= 11 is 1.12. The van der Waals surface area contributed by atoms with E-state index in [0.717, 1.165) is 17.8 Å². The average molecular weight is 346 g/mol. The van der Waals surface area contributed by atoms with E-state index in [-0.39, 0.29) is 11.3 Å². The molecule has 0 aliphatic carbocycles. The minimum Gasteiger partial charge on any atom is -0.422 e. The molecule has 0 saturated heterocycles. The first-order valence-corrected chi connectivity index (χ1v) is 8.29. The largest absolute Gasteiger partial charge is 0.422 e. The van der Waals surface area contributed by atoms with Crippen LogP contribution in [0.2, 0.25) is 0 Å². The molecule has 0 spiro atoms. The quantitative estimate of drug-likeness (QED) is 0.535. The van der Waals surface area contributed by atoms with Crippen molar-refractivity contribution in [2.45, 2.75) is 26.8 Å². The molecule has 7 heteroatoms. The van der Waals surface area contributed by atoms with E-state index in [1.807, 2.05) is 6.92 Å². The molecule has 0 radical (unpaired) electrons. The number of carbonyl (C=O) groups excluding carboxylic acids is 1. The lowest BCUT2D eigenvalue weighted by molar-refractivity contribution is 0.0739. The molecule has 0 N–H and O–H groups in total. The summed E-state index contributed by atoms with van der Waals surface area (Å²) in [5.74, 6) is -0.744. The molecule has 1 aromatic carbocycles. The summed E-state index contributed by atoms with van der Waals surface area (Å²) in [5.41, 5.74) is 0.404. The maximum atomic E-state index is 12.9. The summed E-state index contributed by atoms with van der Waals surface area (Å²) in [6, 6.07) is 5.18. The van der Waals surface area contributed by atoms with Crippen LogP contribution in [0, 0.1) is 12.7 Å². The van der Waals surface area contributed by atoms with Crippen LogP contribution in [0.15, 0.2) is 35.4 Å². The van der Waals surface area contributed by atoms with E-state index < -0.39 is 11.8 Å². The van der Waals surface area contributed by atoms with Gasteiger partial charge >= 0.3 is 5.97 Å². The van der Waals surface area contributed by atoms with Gasteiger partial charge in [0.2, 0.25) is 0 Å². The van der Waals surface area contributed by atoms with Crippen LogP contribution in [0.3, 0.4) is 0 Å². The minimum atomic E-state index is -0.580. The fraction of sp³-hybridized carbons (Fsp3) is 0.235. The Labute approximate surface area is 141 Å². The van der Waals surface area contributed by atoms with Crippen LogP contribution >= 0.6 is 11.3 Å². The third kappa shape index (κ3) is 2.94. The smallest absolute Gasteiger partial charge is 0.354 e. The Balaban J connectivity index is 1.99. The van der Waals surface area contributed by atoms with E-state index in [4.69, 9.17) is 4.74 Å². The number of benzene rings is 1. The monoisotopic (exact) mass is 346 g/mol. The molecule has 0 unspecified atom stereocenters. The van der Waals surface area contributed by atoms with Gasteiger partial charge in [-0.25, -0.2) is 14.2 Å². The molecule has 3 aromatic rings. The van der Waals surface area contributed by atoms with Crippen LogP contribution in [0.5, 0.6) is 5.75 Å². The van der Waals surface area contributed by atoms with Crippen LogP contribution in [0.25, 0.3) is 10.2 Å². The number of hydrogen-bond donors (Lipinski definition) is 0. The molecule has 2 aromatic heterocycles. The highest BCUT2D eigenvalue weighted by Gasteiger charge is 2.21. The normalized spacial score (nSPS) is 11.0. The molecule has 0 atom stereocenters. The lowest BCUT2D eigenvalue weighted by Gasteiger charge is -2.03. The summed E-state index contributed by atoms with van der Waals surface area (Å²) in [6.07, 6.45) is 2.31. The fourth-order valence-electron chi connectivity index (χ4n) is 2.41. The van der Waals surface area contributed by atoms with Crippen molar-refractivity contribution in [3.8, 4) is 5.75 Å². The van der Waals surface area contributed by atoms with Gasteiger partial charge in [-0.05, 0) is 43.2 Å². The van der Waals surface area contributed by atoms with Gasteiger partial charge in [0.1, 0.15) is 21.3 Å². The molecule has 2 heterocycles. The minimum absolute atomic E-state index is 0.156. The van der Waals surface area contributed by atoms with Crippen LogP contribution in [0.1, 0.15) is 28.6 Å². The lowest BCUT2D eigenvalue weighted by Crippen LogP contribution is -2.20. The predicted molar refractivity (Wildman–Crippen MR) is 90.3 cm³/mol. The molecular formula is C17H15FN2O3S. The van der Waals surface area contributed by atoms with E-state index in [2.05, 4.69) is 4.98 Å². The Morgan fingerprint density at radius 3 is 2.71 bits per heavy atom. The van der Waals surface area contributed by atoms with Crippen molar-refractivity contribution < 1.29 is 13.9 Å². The molecule has 0 fully saturated rings. The SMILES string of the molecule is CCCn1cnc2sc(C(=O)Oc3ccc(F)cc3)c(C)c2c1=O. The predicted octanol–water partition coefficient (Wildman–Crippen LogP) is 3.53. The van der Waals surface area contributed by atoms with Gasteiger partial charge in [-0.15, -0.1) is 11.3 Å². The van der Waals surface area contributed by atoms with Crippen molar-refractivity contribution in [1.29, 1.82) is 0 Å². The number of rotatable bonds is 4.